The first-order valence-corrected chi connectivity index (χ1v) is 9.01. The van der Waals surface area contributed by atoms with Crippen molar-refractivity contribution in [1.82, 2.24) is 25.5 Å². The number of allylic oxidation sites excluding steroid dienone is 2. The van der Waals surface area contributed by atoms with E-state index in [2.05, 4.69) is 25.5 Å². The second-order valence-corrected chi connectivity index (χ2v) is 6.28. The molecule has 0 radical (unpaired) electrons. The average molecular weight is 391 g/mol. The molecule has 0 aliphatic carbocycles. The molecule has 29 heavy (non-hydrogen) atoms. The second-order valence-electron chi connectivity index (χ2n) is 6.28. The molecule has 2 aromatic carbocycles. The zero-order valence-electron chi connectivity index (χ0n) is 16.4. The van der Waals surface area contributed by atoms with Gasteiger partial charge in [-0.1, -0.05) is 30.3 Å². The summed E-state index contributed by atoms with van der Waals surface area (Å²) < 4.78 is 4.67. The van der Waals surface area contributed by atoms with Crippen molar-refractivity contribution in [2.24, 2.45) is 0 Å². The maximum absolute atomic E-state index is 12.5. The number of esters is 1. The van der Waals surface area contributed by atoms with Crippen LogP contribution in [0.15, 0.2) is 54.6 Å². The van der Waals surface area contributed by atoms with E-state index in [0.29, 0.717) is 29.1 Å². The van der Waals surface area contributed by atoms with E-state index in [-0.39, 0.29) is 5.91 Å². The van der Waals surface area contributed by atoms with Crippen LogP contribution in [0.1, 0.15) is 40.1 Å². The quantitative estimate of drug-likeness (QED) is 0.649. The summed E-state index contributed by atoms with van der Waals surface area (Å²) in [4.78, 5) is 25.4. The molecule has 3 rings (SSSR count). The first kappa shape index (κ1) is 19.9. The van der Waals surface area contributed by atoms with Crippen LogP contribution in [0, 0.1) is 0 Å². The molecular formula is C21H21N5O3. The first-order valence-electron chi connectivity index (χ1n) is 9.01. The van der Waals surface area contributed by atoms with Crippen LogP contribution in [-0.2, 0) is 11.3 Å². The normalized spacial score (nSPS) is 11.2. The summed E-state index contributed by atoms with van der Waals surface area (Å²) in [6.45, 7) is 4.11. The molecule has 0 saturated carbocycles. The molecule has 3 aromatic rings. The van der Waals surface area contributed by atoms with Gasteiger partial charge in [0.25, 0.3) is 5.91 Å². The molecular weight excluding hydrogens is 370 g/mol. The summed E-state index contributed by atoms with van der Waals surface area (Å²) in [6.07, 6.45) is 1.88. The Hall–Kier alpha value is -3.81. The smallest absolute Gasteiger partial charge is 0.337 e. The lowest BCUT2D eigenvalue weighted by atomic mass is 10.1. The van der Waals surface area contributed by atoms with E-state index < -0.39 is 5.97 Å². The Bertz CT molecular complexity index is 1050. The van der Waals surface area contributed by atoms with Crippen molar-refractivity contribution in [3.8, 4) is 11.4 Å². The summed E-state index contributed by atoms with van der Waals surface area (Å²) >= 11 is 0. The van der Waals surface area contributed by atoms with Crippen LogP contribution in [0.4, 0.5) is 0 Å². The number of benzene rings is 2. The summed E-state index contributed by atoms with van der Waals surface area (Å²) in [7, 11) is 1.34. The third-order valence-corrected chi connectivity index (χ3v) is 4.36. The Morgan fingerprint density at radius 1 is 1.14 bits per heavy atom. The number of tetrazole rings is 1. The number of hydrogen-bond acceptors (Lipinski definition) is 6. The molecule has 1 N–H and O–H groups in total. The average Bonchev–Trinajstić information content (AvgIpc) is 3.27. The van der Waals surface area contributed by atoms with Crippen LogP contribution in [0.5, 0.6) is 0 Å². The van der Waals surface area contributed by atoms with E-state index in [9.17, 15) is 9.59 Å². The van der Waals surface area contributed by atoms with Gasteiger partial charge in [0.1, 0.15) is 0 Å². The summed E-state index contributed by atoms with van der Waals surface area (Å²) in [5.41, 5.74) is 3.39. The number of aromatic nitrogens is 4. The van der Waals surface area contributed by atoms with Crippen LogP contribution < -0.4 is 5.32 Å². The van der Waals surface area contributed by atoms with Crippen molar-refractivity contribution in [3.05, 3.63) is 71.3 Å². The molecule has 0 aliphatic rings. The lowest BCUT2D eigenvalue weighted by Crippen LogP contribution is -2.22. The largest absolute Gasteiger partial charge is 0.465 e. The van der Waals surface area contributed by atoms with Gasteiger partial charge in [0.15, 0.2) is 0 Å². The van der Waals surface area contributed by atoms with Gasteiger partial charge in [-0.15, -0.1) is 15.0 Å². The number of amides is 1. The zero-order valence-corrected chi connectivity index (χ0v) is 16.4. The number of nitrogens with zero attached hydrogens (tertiary/aromatic N) is 4. The second kappa shape index (κ2) is 8.92. The van der Waals surface area contributed by atoms with Crippen LogP contribution in [0.25, 0.3) is 17.1 Å². The van der Waals surface area contributed by atoms with Crippen molar-refractivity contribution in [1.29, 1.82) is 0 Å². The highest BCUT2D eigenvalue weighted by atomic mass is 16.5. The van der Waals surface area contributed by atoms with E-state index in [1.807, 2.05) is 26.0 Å². The van der Waals surface area contributed by atoms with E-state index in [0.717, 1.165) is 11.3 Å². The molecule has 148 valence electrons. The zero-order chi connectivity index (χ0) is 20.8. The predicted molar refractivity (Wildman–Crippen MR) is 108 cm³/mol. The molecule has 0 aliphatic heterocycles. The summed E-state index contributed by atoms with van der Waals surface area (Å²) in [5, 5.41) is 15.3. The highest BCUT2D eigenvalue weighted by Gasteiger charge is 2.11. The van der Waals surface area contributed by atoms with Crippen molar-refractivity contribution in [2.45, 2.75) is 20.4 Å². The minimum Gasteiger partial charge on any atom is -0.465 e. The molecule has 0 saturated heterocycles. The summed E-state index contributed by atoms with van der Waals surface area (Å²) in [6, 6.07) is 13.9. The molecule has 8 nitrogen and oxygen atoms in total. The van der Waals surface area contributed by atoms with Gasteiger partial charge >= 0.3 is 5.97 Å². The van der Waals surface area contributed by atoms with E-state index in [1.54, 1.807) is 42.5 Å². The molecule has 0 atom stereocenters. The number of hydrogen-bond donors (Lipinski definition) is 1. The molecule has 1 aromatic heterocycles. The third kappa shape index (κ3) is 4.73. The molecule has 0 bridgehead atoms. The minimum atomic E-state index is -0.396. The van der Waals surface area contributed by atoms with Crippen molar-refractivity contribution in [3.63, 3.8) is 0 Å². The highest BCUT2D eigenvalue weighted by Crippen LogP contribution is 2.16. The fraction of sp³-hybridized carbons (Fsp3) is 0.190. The molecule has 8 heteroatoms. The monoisotopic (exact) mass is 391 g/mol. The number of carbonyl (C=O) groups excluding carboxylic acids is 2. The SMILES string of the molecule is C/C=C(/C)n1nnc(-c2cccc(C(=O)NCc3ccc(C(=O)OC)cc3)c2)n1. The fourth-order valence-corrected chi connectivity index (χ4v) is 2.56. The Kier molecular flexibility index (Phi) is 6.13. The van der Waals surface area contributed by atoms with E-state index in [4.69, 9.17) is 0 Å². The van der Waals surface area contributed by atoms with Gasteiger partial charge in [-0.05, 0) is 48.9 Å². The predicted octanol–water partition coefficient (Wildman–Crippen LogP) is 2.94. The minimum absolute atomic E-state index is 0.221. The van der Waals surface area contributed by atoms with Crippen molar-refractivity contribution in [2.75, 3.05) is 7.11 Å². The van der Waals surface area contributed by atoms with Gasteiger partial charge in [0, 0.05) is 17.7 Å². The number of methoxy groups -OCH3 is 1. The van der Waals surface area contributed by atoms with Gasteiger partial charge in [-0.25, -0.2) is 4.79 Å². The van der Waals surface area contributed by atoms with Crippen molar-refractivity contribution < 1.29 is 14.3 Å². The Labute approximate surface area is 168 Å². The van der Waals surface area contributed by atoms with Crippen LogP contribution >= 0.6 is 0 Å². The number of ether oxygens (including phenoxy) is 1. The van der Waals surface area contributed by atoms with Gasteiger partial charge in [0.2, 0.25) is 5.82 Å². The van der Waals surface area contributed by atoms with Gasteiger partial charge in [-0.2, -0.15) is 0 Å². The molecule has 0 fully saturated rings. The van der Waals surface area contributed by atoms with Crippen LogP contribution in [0.3, 0.4) is 0 Å². The lowest BCUT2D eigenvalue weighted by molar-refractivity contribution is 0.0600. The molecule has 0 unspecified atom stereocenters. The molecule has 1 amide bonds. The van der Waals surface area contributed by atoms with Gasteiger partial charge in [-0.3, -0.25) is 4.79 Å². The van der Waals surface area contributed by atoms with Crippen molar-refractivity contribution >= 4 is 17.6 Å². The van der Waals surface area contributed by atoms with Gasteiger partial charge < -0.3 is 10.1 Å². The number of carbonyl (C=O) groups is 2. The fourth-order valence-electron chi connectivity index (χ4n) is 2.56. The van der Waals surface area contributed by atoms with E-state index >= 15 is 0 Å². The Morgan fingerprint density at radius 2 is 1.90 bits per heavy atom. The maximum atomic E-state index is 12.5. The Balaban J connectivity index is 1.68. The number of nitrogens with one attached hydrogen (secondary N) is 1. The van der Waals surface area contributed by atoms with Gasteiger partial charge in [0.05, 0.1) is 18.4 Å². The summed E-state index contributed by atoms with van der Waals surface area (Å²) in [5.74, 6) is -0.173. The highest BCUT2D eigenvalue weighted by molar-refractivity contribution is 5.95. The van der Waals surface area contributed by atoms with Crippen LogP contribution in [-0.4, -0.2) is 39.2 Å². The lowest BCUT2D eigenvalue weighted by Gasteiger charge is -2.07. The Morgan fingerprint density at radius 3 is 2.59 bits per heavy atom. The molecule has 0 spiro atoms. The molecule has 1 heterocycles. The van der Waals surface area contributed by atoms with E-state index in [1.165, 1.54) is 11.9 Å². The van der Waals surface area contributed by atoms with Crippen LogP contribution in [0.2, 0.25) is 0 Å². The number of rotatable bonds is 6. The third-order valence-electron chi connectivity index (χ3n) is 4.36. The standard InChI is InChI=1S/C21H21N5O3/c1-4-14(2)26-24-19(23-25-26)17-6-5-7-18(12-17)20(27)22-13-15-8-10-16(11-9-15)21(28)29-3/h4-12H,13H2,1-3H3,(H,22,27)/b14-4-. The topological polar surface area (TPSA) is 99.0 Å². The first-order chi connectivity index (χ1) is 14.0. The maximum Gasteiger partial charge on any atom is 0.337 e.